The van der Waals surface area contributed by atoms with Gasteiger partial charge in [0.25, 0.3) is 0 Å². The smallest absolute Gasteiger partial charge is 0.127 e. The Labute approximate surface area is 176 Å². The normalized spacial score (nSPS) is 14.2. The van der Waals surface area contributed by atoms with Crippen LogP contribution in [0.4, 0.5) is 0 Å². The van der Waals surface area contributed by atoms with Crippen LogP contribution in [0.25, 0.3) is 16.7 Å². The second-order valence-corrected chi connectivity index (χ2v) is 8.20. The predicted octanol–water partition coefficient (Wildman–Crippen LogP) is 5.08. The van der Waals surface area contributed by atoms with Crippen LogP contribution >= 0.6 is 0 Å². The van der Waals surface area contributed by atoms with Crippen LogP contribution in [0.3, 0.4) is 0 Å². The molecule has 29 heavy (non-hydrogen) atoms. The molecule has 1 aliphatic rings. The molecule has 3 rings (SSSR count). The van der Waals surface area contributed by atoms with E-state index < -0.39 is 0 Å². The average molecular weight is 390 g/mol. The highest BCUT2D eigenvalue weighted by Crippen LogP contribution is 2.37. The average Bonchev–Trinajstić information content (AvgIpc) is 2.68. The molecular formula is C26H33N2O. The molecule has 3 nitrogen and oxygen atoms in total. The summed E-state index contributed by atoms with van der Waals surface area (Å²) in [5.41, 5.74) is 7.53. The third kappa shape index (κ3) is 5.59. The van der Waals surface area contributed by atoms with Crippen LogP contribution in [0, 0.1) is 13.3 Å². The molecule has 0 amide bonds. The van der Waals surface area contributed by atoms with Gasteiger partial charge >= 0.3 is 0 Å². The third-order valence-electron chi connectivity index (χ3n) is 5.14. The maximum absolute atomic E-state index is 6.32. The van der Waals surface area contributed by atoms with Crippen LogP contribution in [-0.4, -0.2) is 57.7 Å². The van der Waals surface area contributed by atoms with Gasteiger partial charge in [0, 0.05) is 18.7 Å². The summed E-state index contributed by atoms with van der Waals surface area (Å²) in [6.07, 6.45) is 7.80. The van der Waals surface area contributed by atoms with Crippen molar-refractivity contribution in [3.63, 3.8) is 0 Å². The number of benzene rings is 2. The van der Waals surface area contributed by atoms with Crippen LogP contribution in [0.15, 0.2) is 60.2 Å². The topological polar surface area (TPSA) is 15.7 Å². The molecule has 0 bridgehead atoms. The van der Waals surface area contributed by atoms with Crippen LogP contribution in [0.5, 0.6) is 5.75 Å². The van der Waals surface area contributed by atoms with Gasteiger partial charge in [0.1, 0.15) is 12.4 Å². The Bertz CT molecular complexity index is 893. The van der Waals surface area contributed by atoms with E-state index in [4.69, 9.17) is 4.74 Å². The van der Waals surface area contributed by atoms with E-state index >= 15 is 0 Å². The SMILES string of the molecule is Cc1ccccc1-c1ccc(C2=C(CN(C)C)[CH]CC=C2)c(OCCN(C)C)c1. The number of aryl methyl sites for hydroxylation is 1. The van der Waals surface area contributed by atoms with Gasteiger partial charge in [0.05, 0.1) is 0 Å². The zero-order valence-electron chi connectivity index (χ0n) is 18.4. The summed E-state index contributed by atoms with van der Waals surface area (Å²) in [5.74, 6) is 0.957. The van der Waals surface area contributed by atoms with Crippen molar-refractivity contribution in [1.82, 2.24) is 9.80 Å². The summed E-state index contributed by atoms with van der Waals surface area (Å²) in [4.78, 5) is 4.37. The van der Waals surface area contributed by atoms with Gasteiger partial charge in [0.2, 0.25) is 0 Å². The Morgan fingerprint density at radius 2 is 1.72 bits per heavy atom. The summed E-state index contributed by atoms with van der Waals surface area (Å²) < 4.78 is 6.32. The van der Waals surface area contributed by atoms with E-state index in [2.05, 4.69) is 106 Å². The second-order valence-electron chi connectivity index (χ2n) is 8.20. The van der Waals surface area contributed by atoms with Crippen molar-refractivity contribution in [2.24, 2.45) is 0 Å². The van der Waals surface area contributed by atoms with E-state index in [1.165, 1.54) is 33.4 Å². The molecule has 2 aromatic carbocycles. The third-order valence-corrected chi connectivity index (χ3v) is 5.14. The minimum Gasteiger partial charge on any atom is -0.492 e. The van der Waals surface area contributed by atoms with Crippen molar-refractivity contribution in [2.45, 2.75) is 13.3 Å². The van der Waals surface area contributed by atoms with Crippen LogP contribution in [0.2, 0.25) is 0 Å². The molecule has 0 atom stereocenters. The molecule has 1 aliphatic carbocycles. The fraction of sp³-hybridized carbons (Fsp3) is 0.346. The molecule has 0 saturated carbocycles. The highest BCUT2D eigenvalue weighted by Gasteiger charge is 2.17. The van der Waals surface area contributed by atoms with Crippen LogP contribution in [-0.2, 0) is 0 Å². The Balaban J connectivity index is 2.04. The van der Waals surface area contributed by atoms with Gasteiger partial charge in [-0.3, -0.25) is 0 Å². The zero-order valence-corrected chi connectivity index (χ0v) is 18.4. The first-order chi connectivity index (χ1) is 14.0. The molecular weight excluding hydrogens is 356 g/mol. The fourth-order valence-electron chi connectivity index (χ4n) is 3.63. The maximum atomic E-state index is 6.32. The summed E-state index contributed by atoms with van der Waals surface area (Å²) in [5, 5.41) is 0. The van der Waals surface area contributed by atoms with E-state index in [1.54, 1.807) is 0 Å². The molecule has 0 unspecified atom stereocenters. The first-order valence-electron chi connectivity index (χ1n) is 10.3. The molecule has 153 valence electrons. The fourth-order valence-corrected chi connectivity index (χ4v) is 3.63. The number of hydrogen-bond donors (Lipinski definition) is 0. The first-order valence-corrected chi connectivity index (χ1v) is 10.3. The van der Waals surface area contributed by atoms with Crippen LogP contribution in [0.1, 0.15) is 17.5 Å². The monoisotopic (exact) mass is 389 g/mol. The maximum Gasteiger partial charge on any atom is 0.127 e. The van der Waals surface area contributed by atoms with E-state index in [0.717, 1.165) is 25.3 Å². The number of rotatable bonds is 8. The number of nitrogens with zero attached hydrogens (tertiary/aromatic N) is 2. The Hall–Kier alpha value is -2.36. The van der Waals surface area contributed by atoms with Gasteiger partial charge in [-0.1, -0.05) is 48.6 Å². The molecule has 0 aliphatic heterocycles. The summed E-state index contributed by atoms with van der Waals surface area (Å²) in [7, 11) is 8.38. The minimum atomic E-state index is 0.668. The standard InChI is InChI=1S/C26H33N2O/c1-20-10-6-8-12-23(20)21-14-15-25(26(18-21)29-17-16-27(2)3)24-13-9-7-11-22(24)19-28(4)5/h6,8-15,18H,7,16-17,19H2,1-5H3. The van der Waals surface area contributed by atoms with Gasteiger partial charge < -0.3 is 14.5 Å². The van der Waals surface area contributed by atoms with Crippen molar-refractivity contribution in [3.8, 4) is 16.9 Å². The van der Waals surface area contributed by atoms with E-state index in [1.807, 2.05) is 0 Å². The predicted molar refractivity (Wildman–Crippen MR) is 124 cm³/mol. The Morgan fingerprint density at radius 1 is 0.931 bits per heavy atom. The molecule has 0 fully saturated rings. The minimum absolute atomic E-state index is 0.668. The molecule has 3 heteroatoms. The zero-order chi connectivity index (χ0) is 20.8. The first kappa shape index (κ1) is 21.4. The highest BCUT2D eigenvalue weighted by molar-refractivity contribution is 5.84. The molecule has 1 radical (unpaired) electrons. The molecule has 0 aromatic heterocycles. The van der Waals surface area contributed by atoms with Crippen molar-refractivity contribution in [1.29, 1.82) is 0 Å². The summed E-state index contributed by atoms with van der Waals surface area (Å²) in [6.45, 7) is 4.64. The number of hydrogen-bond acceptors (Lipinski definition) is 3. The highest BCUT2D eigenvalue weighted by atomic mass is 16.5. The van der Waals surface area contributed by atoms with E-state index in [9.17, 15) is 0 Å². The molecule has 0 N–H and O–H groups in total. The van der Waals surface area contributed by atoms with E-state index in [0.29, 0.717) is 6.61 Å². The van der Waals surface area contributed by atoms with Gasteiger partial charge in [-0.2, -0.15) is 0 Å². The Morgan fingerprint density at radius 3 is 2.45 bits per heavy atom. The van der Waals surface area contributed by atoms with Gasteiger partial charge in [0.15, 0.2) is 0 Å². The summed E-state index contributed by atoms with van der Waals surface area (Å²) >= 11 is 0. The van der Waals surface area contributed by atoms with Gasteiger partial charge in [-0.15, -0.1) is 0 Å². The number of ether oxygens (including phenoxy) is 1. The second kappa shape index (κ2) is 9.91. The van der Waals surface area contributed by atoms with Crippen LogP contribution < -0.4 is 4.74 Å². The van der Waals surface area contributed by atoms with E-state index in [-0.39, 0.29) is 0 Å². The quantitative estimate of drug-likeness (QED) is 0.626. The lowest BCUT2D eigenvalue weighted by atomic mass is 9.90. The lowest BCUT2D eigenvalue weighted by molar-refractivity contribution is 0.261. The number of allylic oxidation sites excluding steroid dienone is 3. The summed E-state index contributed by atoms with van der Waals surface area (Å²) in [6, 6.07) is 15.2. The van der Waals surface area contributed by atoms with Crippen molar-refractivity contribution in [2.75, 3.05) is 47.9 Å². The Kier molecular flexibility index (Phi) is 7.29. The molecule has 0 saturated heterocycles. The molecule has 0 spiro atoms. The largest absolute Gasteiger partial charge is 0.492 e. The van der Waals surface area contributed by atoms with Crippen molar-refractivity contribution in [3.05, 3.63) is 77.7 Å². The van der Waals surface area contributed by atoms with Gasteiger partial charge in [-0.25, -0.2) is 0 Å². The lowest BCUT2D eigenvalue weighted by Crippen LogP contribution is -2.20. The number of likely N-dealkylation sites (N-methyl/N-ethyl adjacent to an activating group) is 2. The van der Waals surface area contributed by atoms with Gasteiger partial charge in [-0.05, 0) is 81.9 Å². The molecule has 0 heterocycles. The van der Waals surface area contributed by atoms with Crippen molar-refractivity contribution < 1.29 is 4.74 Å². The van der Waals surface area contributed by atoms with Crippen molar-refractivity contribution >= 4 is 5.57 Å². The lowest BCUT2D eigenvalue weighted by Gasteiger charge is -2.22. The molecule has 2 aromatic rings.